The zero-order valence-corrected chi connectivity index (χ0v) is 19.4. The van der Waals surface area contributed by atoms with Crippen molar-refractivity contribution >= 4 is 16.9 Å². The lowest BCUT2D eigenvalue weighted by Gasteiger charge is -2.10. The Morgan fingerprint density at radius 2 is 1.70 bits per heavy atom. The number of benzene rings is 3. The molecule has 4 rings (SSSR count). The molecule has 0 atom stereocenters. The zero-order valence-electron chi connectivity index (χ0n) is 19.4. The number of aryl methyl sites for hydroxylation is 2. The molecule has 0 aliphatic rings. The number of imidazole rings is 1. The van der Waals surface area contributed by atoms with E-state index in [1.807, 2.05) is 49.4 Å². The Bertz CT molecular complexity index is 1190. The van der Waals surface area contributed by atoms with Crippen molar-refractivity contribution in [2.24, 2.45) is 0 Å². The van der Waals surface area contributed by atoms with Crippen LogP contribution in [0.2, 0.25) is 0 Å². The molecule has 5 heteroatoms. The monoisotopic (exact) mass is 441 g/mol. The van der Waals surface area contributed by atoms with Gasteiger partial charge in [-0.1, -0.05) is 48.4 Å². The third kappa shape index (κ3) is 5.80. The van der Waals surface area contributed by atoms with Gasteiger partial charge < -0.3 is 14.6 Å². The lowest BCUT2D eigenvalue weighted by atomic mass is 10.1. The first-order valence-electron chi connectivity index (χ1n) is 11.6. The molecule has 170 valence electrons. The number of methoxy groups -OCH3 is 1. The van der Waals surface area contributed by atoms with Crippen molar-refractivity contribution in [1.29, 1.82) is 0 Å². The van der Waals surface area contributed by atoms with Gasteiger partial charge in [0, 0.05) is 25.1 Å². The van der Waals surface area contributed by atoms with Crippen LogP contribution in [0.1, 0.15) is 46.6 Å². The number of nitrogens with zero attached hydrogens (tertiary/aromatic N) is 2. The van der Waals surface area contributed by atoms with Crippen LogP contribution in [-0.2, 0) is 13.0 Å². The maximum absolute atomic E-state index is 12.2. The second-order valence-corrected chi connectivity index (χ2v) is 8.38. The highest BCUT2D eigenvalue weighted by Gasteiger charge is 2.11. The Balaban J connectivity index is 1.32. The van der Waals surface area contributed by atoms with Crippen molar-refractivity contribution in [3.63, 3.8) is 0 Å². The van der Waals surface area contributed by atoms with E-state index < -0.39 is 0 Å². The van der Waals surface area contributed by atoms with Crippen LogP contribution >= 0.6 is 0 Å². The SMILES string of the molecule is COc1ccc(Cn2c(CCCCCNC(=O)c3ccc(C)cc3)nc3ccccc32)cc1. The van der Waals surface area contributed by atoms with E-state index >= 15 is 0 Å². The molecule has 33 heavy (non-hydrogen) atoms. The van der Waals surface area contributed by atoms with Crippen molar-refractivity contribution in [3.8, 4) is 5.75 Å². The Morgan fingerprint density at radius 1 is 0.939 bits per heavy atom. The van der Waals surface area contributed by atoms with Crippen LogP contribution in [0.25, 0.3) is 11.0 Å². The molecule has 0 aliphatic heterocycles. The summed E-state index contributed by atoms with van der Waals surface area (Å²) in [6.07, 6.45) is 3.94. The van der Waals surface area contributed by atoms with E-state index in [2.05, 4.69) is 40.2 Å². The van der Waals surface area contributed by atoms with E-state index in [0.29, 0.717) is 12.1 Å². The summed E-state index contributed by atoms with van der Waals surface area (Å²) < 4.78 is 7.60. The minimum Gasteiger partial charge on any atom is -0.497 e. The smallest absolute Gasteiger partial charge is 0.251 e. The van der Waals surface area contributed by atoms with E-state index in [9.17, 15) is 4.79 Å². The van der Waals surface area contributed by atoms with Crippen molar-refractivity contribution in [1.82, 2.24) is 14.9 Å². The number of aromatic nitrogens is 2. The van der Waals surface area contributed by atoms with Gasteiger partial charge in [-0.25, -0.2) is 4.98 Å². The van der Waals surface area contributed by atoms with Gasteiger partial charge in [0.25, 0.3) is 5.91 Å². The van der Waals surface area contributed by atoms with Crippen LogP contribution in [0, 0.1) is 6.92 Å². The number of carbonyl (C=O) groups excluding carboxylic acids is 1. The summed E-state index contributed by atoms with van der Waals surface area (Å²) in [6.45, 7) is 3.49. The lowest BCUT2D eigenvalue weighted by molar-refractivity contribution is 0.0953. The number of fused-ring (bicyclic) bond motifs is 1. The molecule has 0 radical (unpaired) electrons. The molecule has 0 bridgehead atoms. The molecule has 1 amide bonds. The fraction of sp³-hybridized carbons (Fsp3) is 0.286. The van der Waals surface area contributed by atoms with Gasteiger partial charge in [0.2, 0.25) is 0 Å². The number of rotatable bonds is 10. The molecule has 0 fully saturated rings. The van der Waals surface area contributed by atoms with Crippen LogP contribution in [-0.4, -0.2) is 29.1 Å². The minimum absolute atomic E-state index is 0.00344. The molecular formula is C28H31N3O2. The second kappa shape index (κ2) is 10.8. The molecule has 0 spiro atoms. The topological polar surface area (TPSA) is 56.1 Å². The van der Waals surface area contributed by atoms with Gasteiger partial charge in [-0.15, -0.1) is 0 Å². The predicted octanol–water partition coefficient (Wildman–Crippen LogP) is 5.54. The van der Waals surface area contributed by atoms with Gasteiger partial charge in [-0.2, -0.15) is 0 Å². The van der Waals surface area contributed by atoms with Gasteiger partial charge in [0.15, 0.2) is 0 Å². The van der Waals surface area contributed by atoms with E-state index in [1.54, 1.807) is 7.11 Å². The van der Waals surface area contributed by atoms with Gasteiger partial charge in [0.1, 0.15) is 11.6 Å². The molecule has 5 nitrogen and oxygen atoms in total. The molecule has 3 aromatic carbocycles. The zero-order chi connectivity index (χ0) is 23.0. The maximum Gasteiger partial charge on any atom is 0.251 e. The highest BCUT2D eigenvalue weighted by Crippen LogP contribution is 2.21. The molecule has 0 unspecified atom stereocenters. The van der Waals surface area contributed by atoms with Crippen LogP contribution in [0.15, 0.2) is 72.8 Å². The molecule has 0 aliphatic carbocycles. The van der Waals surface area contributed by atoms with Gasteiger partial charge in [-0.05, 0) is 61.7 Å². The largest absolute Gasteiger partial charge is 0.497 e. The fourth-order valence-electron chi connectivity index (χ4n) is 4.00. The summed E-state index contributed by atoms with van der Waals surface area (Å²) in [5.41, 5.74) is 5.29. The Kier molecular flexibility index (Phi) is 7.40. The van der Waals surface area contributed by atoms with Crippen molar-refractivity contribution in [2.75, 3.05) is 13.7 Å². The van der Waals surface area contributed by atoms with E-state index in [4.69, 9.17) is 9.72 Å². The molecule has 0 saturated heterocycles. The third-order valence-corrected chi connectivity index (χ3v) is 5.91. The number of para-hydroxylation sites is 2. The summed E-state index contributed by atoms with van der Waals surface area (Å²) in [5.74, 6) is 1.97. The Labute approximate surface area is 195 Å². The average molecular weight is 442 g/mol. The molecule has 4 aromatic rings. The van der Waals surface area contributed by atoms with E-state index in [-0.39, 0.29) is 5.91 Å². The number of hydrogen-bond acceptors (Lipinski definition) is 3. The molecular weight excluding hydrogens is 410 g/mol. The number of amides is 1. The highest BCUT2D eigenvalue weighted by atomic mass is 16.5. The normalized spacial score (nSPS) is 11.0. The van der Waals surface area contributed by atoms with Crippen molar-refractivity contribution in [3.05, 3.63) is 95.3 Å². The van der Waals surface area contributed by atoms with Crippen LogP contribution in [0.4, 0.5) is 0 Å². The first kappa shape index (κ1) is 22.6. The quantitative estimate of drug-likeness (QED) is 0.329. The van der Waals surface area contributed by atoms with Gasteiger partial charge >= 0.3 is 0 Å². The number of unbranched alkanes of at least 4 members (excludes halogenated alkanes) is 2. The Morgan fingerprint density at radius 3 is 2.45 bits per heavy atom. The summed E-state index contributed by atoms with van der Waals surface area (Å²) in [6, 6.07) is 24.2. The Hall–Kier alpha value is -3.60. The van der Waals surface area contributed by atoms with E-state index in [1.165, 1.54) is 5.56 Å². The summed E-state index contributed by atoms with van der Waals surface area (Å²) >= 11 is 0. The number of carbonyl (C=O) groups is 1. The fourth-order valence-corrected chi connectivity index (χ4v) is 4.00. The van der Waals surface area contributed by atoms with Crippen LogP contribution in [0.5, 0.6) is 5.75 Å². The first-order valence-corrected chi connectivity index (χ1v) is 11.6. The molecule has 1 heterocycles. The average Bonchev–Trinajstić information content (AvgIpc) is 3.19. The minimum atomic E-state index is -0.00344. The van der Waals surface area contributed by atoms with Crippen molar-refractivity contribution in [2.45, 2.75) is 39.2 Å². The van der Waals surface area contributed by atoms with Gasteiger partial charge in [0.05, 0.1) is 18.1 Å². The van der Waals surface area contributed by atoms with E-state index in [0.717, 1.165) is 60.4 Å². The third-order valence-electron chi connectivity index (χ3n) is 5.91. The number of hydrogen-bond donors (Lipinski definition) is 1. The standard InChI is InChI=1S/C28H31N3O2/c1-21-11-15-23(16-12-21)28(32)29-19-7-3-4-10-27-30-25-8-5-6-9-26(25)31(27)20-22-13-17-24(33-2)18-14-22/h5-6,8-9,11-18H,3-4,7,10,19-20H2,1-2H3,(H,29,32). The van der Waals surface area contributed by atoms with Crippen LogP contribution < -0.4 is 10.1 Å². The summed E-state index contributed by atoms with van der Waals surface area (Å²) in [5, 5.41) is 3.02. The predicted molar refractivity (Wildman–Crippen MR) is 133 cm³/mol. The first-order chi connectivity index (χ1) is 16.1. The summed E-state index contributed by atoms with van der Waals surface area (Å²) in [7, 11) is 1.68. The van der Waals surface area contributed by atoms with Crippen molar-refractivity contribution < 1.29 is 9.53 Å². The number of ether oxygens (including phenoxy) is 1. The molecule has 1 aromatic heterocycles. The number of nitrogens with one attached hydrogen (secondary N) is 1. The lowest BCUT2D eigenvalue weighted by Crippen LogP contribution is -2.24. The maximum atomic E-state index is 12.2. The van der Waals surface area contributed by atoms with Gasteiger partial charge in [-0.3, -0.25) is 4.79 Å². The van der Waals surface area contributed by atoms with Crippen LogP contribution in [0.3, 0.4) is 0 Å². The molecule has 0 saturated carbocycles. The highest BCUT2D eigenvalue weighted by molar-refractivity contribution is 5.94. The summed E-state index contributed by atoms with van der Waals surface area (Å²) in [4.78, 5) is 17.1. The second-order valence-electron chi connectivity index (χ2n) is 8.38. The molecule has 1 N–H and O–H groups in total.